The fraction of sp³-hybridized carbons (Fsp3) is 0.308. The lowest BCUT2D eigenvalue weighted by Gasteiger charge is -2.07. The maximum Gasteiger partial charge on any atom is 0.236 e. The molecule has 5 N–H and O–H groups in total. The lowest BCUT2D eigenvalue weighted by Crippen LogP contribution is -2.22. The first kappa shape index (κ1) is 15.7. The number of aromatic nitrogens is 1. The van der Waals surface area contributed by atoms with Crippen molar-refractivity contribution in [2.75, 3.05) is 10.5 Å². The van der Waals surface area contributed by atoms with E-state index in [1.54, 1.807) is 20.0 Å². The van der Waals surface area contributed by atoms with Crippen LogP contribution in [0.5, 0.6) is 0 Å². The van der Waals surface area contributed by atoms with E-state index in [1.165, 1.54) is 11.3 Å². The van der Waals surface area contributed by atoms with Gasteiger partial charge in [0.25, 0.3) is 0 Å². The molecule has 0 aliphatic rings. The van der Waals surface area contributed by atoms with Crippen molar-refractivity contribution in [1.29, 1.82) is 0 Å². The van der Waals surface area contributed by atoms with Crippen molar-refractivity contribution < 1.29 is 8.42 Å². The van der Waals surface area contributed by atoms with Crippen molar-refractivity contribution in [3.05, 3.63) is 30.0 Å². The first-order valence-electron chi connectivity index (χ1n) is 6.39. The zero-order chi connectivity index (χ0) is 15.6. The monoisotopic (exact) mass is 326 g/mol. The summed E-state index contributed by atoms with van der Waals surface area (Å²) in [7, 11) is -3.39. The summed E-state index contributed by atoms with van der Waals surface area (Å²) in [6.45, 7) is 3.62. The molecule has 8 heteroatoms. The minimum atomic E-state index is -3.39. The van der Waals surface area contributed by atoms with Gasteiger partial charge in [-0.2, -0.15) is 0 Å². The van der Waals surface area contributed by atoms with E-state index >= 15 is 0 Å². The highest BCUT2D eigenvalue weighted by atomic mass is 32.2. The molecule has 0 atom stereocenters. The Morgan fingerprint density at radius 2 is 2.05 bits per heavy atom. The van der Waals surface area contributed by atoms with Gasteiger partial charge in [0.1, 0.15) is 0 Å². The third-order valence-electron chi connectivity index (χ3n) is 2.89. The quantitative estimate of drug-likeness (QED) is 0.728. The number of thiazole rings is 1. The average molecular weight is 326 g/mol. The fourth-order valence-electron chi connectivity index (χ4n) is 1.67. The van der Waals surface area contributed by atoms with Crippen LogP contribution in [0.2, 0.25) is 0 Å². The van der Waals surface area contributed by atoms with Crippen LogP contribution >= 0.6 is 11.3 Å². The third kappa shape index (κ3) is 3.72. The number of nitrogens with zero attached hydrogens (tertiary/aromatic N) is 1. The van der Waals surface area contributed by atoms with E-state index in [1.807, 2.05) is 18.2 Å². The van der Waals surface area contributed by atoms with Gasteiger partial charge >= 0.3 is 0 Å². The van der Waals surface area contributed by atoms with Crippen molar-refractivity contribution in [2.45, 2.75) is 25.6 Å². The summed E-state index contributed by atoms with van der Waals surface area (Å²) < 4.78 is 26.1. The van der Waals surface area contributed by atoms with E-state index in [0.29, 0.717) is 17.4 Å². The Morgan fingerprint density at radius 1 is 1.33 bits per heavy atom. The van der Waals surface area contributed by atoms with Crippen LogP contribution in [0.25, 0.3) is 10.4 Å². The van der Waals surface area contributed by atoms with Crippen molar-refractivity contribution >= 4 is 32.2 Å². The topological polar surface area (TPSA) is 111 Å². The number of anilines is 2. The molecule has 1 aromatic carbocycles. The Hall–Kier alpha value is -1.64. The lowest BCUT2D eigenvalue weighted by molar-refractivity contribution is 0.592. The predicted molar refractivity (Wildman–Crippen MR) is 87.5 cm³/mol. The van der Waals surface area contributed by atoms with E-state index in [2.05, 4.69) is 9.71 Å². The molecule has 1 heterocycles. The molecule has 0 radical (unpaired) electrons. The maximum absolute atomic E-state index is 11.8. The number of rotatable bonds is 5. The summed E-state index contributed by atoms with van der Waals surface area (Å²) in [5.41, 5.74) is 13.9. The number of benzene rings is 1. The molecule has 0 aliphatic heterocycles. The molecule has 2 rings (SSSR count). The zero-order valence-electron chi connectivity index (χ0n) is 11.8. The largest absolute Gasteiger partial charge is 0.399 e. The number of hydrogen-bond acceptors (Lipinski definition) is 6. The molecule has 0 amide bonds. The van der Waals surface area contributed by atoms with Crippen molar-refractivity contribution in [3.8, 4) is 10.4 Å². The molecule has 0 fully saturated rings. The van der Waals surface area contributed by atoms with E-state index in [9.17, 15) is 8.42 Å². The van der Waals surface area contributed by atoms with Gasteiger partial charge in [-0.25, -0.2) is 13.4 Å². The molecular formula is C13H18N4O2S2. The molecule has 2 aromatic rings. The summed E-state index contributed by atoms with van der Waals surface area (Å²) in [5.74, 6) is 0. The summed E-state index contributed by atoms with van der Waals surface area (Å²) in [4.78, 5) is 4.93. The van der Waals surface area contributed by atoms with E-state index < -0.39 is 15.3 Å². The highest BCUT2D eigenvalue weighted by molar-refractivity contribution is 7.93. The summed E-state index contributed by atoms with van der Waals surface area (Å²) in [6.07, 6.45) is 1.62. The Balaban J connectivity index is 2.30. The standard InChI is InChI=1S/C13H18N4O2S2/c1-8(2)21(18,19)17-13-16-7-12(20-13)10-3-9(6-14)4-11(15)5-10/h3-5,7-8H,6,14-15H2,1-2H3,(H,16,17). The second-order valence-electron chi connectivity index (χ2n) is 4.89. The van der Waals surface area contributed by atoms with Crippen LogP contribution in [0.4, 0.5) is 10.8 Å². The van der Waals surface area contributed by atoms with Crippen LogP contribution in [-0.2, 0) is 16.6 Å². The molecule has 0 saturated carbocycles. The summed E-state index contributed by atoms with van der Waals surface area (Å²) in [6, 6.07) is 5.55. The van der Waals surface area contributed by atoms with Crippen LogP contribution in [-0.4, -0.2) is 18.7 Å². The van der Waals surface area contributed by atoms with Crippen LogP contribution in [0, 0.1) is 0 Å². The van der Waals surface area contributed by atoms with E-state index in [0.717, 1.165) is 16.0 Å². The molecule has 0 unspecified atom stereocenters. The molecule has 114 valence electrons. The third-order valence-corrected chi connectivity index (χ3v) is 5.70. The number of nitrogens with one attached hydrogen (secondary N) is 1. The Kier molecular flexibility index (Phi) is 4.50. The van der Waals surface area contributed by atoms with Gasteiger partial charge in [-0.05, 0) is 43.2 Å². The van der Waals surface area contributed by atoms with Gasteiger partial charge in [0.15, 0.2) is 5.13 Å². The molecule has 1 aromatic heterocycles. The normalized spacial score (nSPS) is 11.8. The molecule has 21 heavy (non-hydrogen) atoms. The van der Waals surface area contributed by atoms with Crippen molar-refractivity contribution in [2.24, 2.45) is 5.73 Å². The van der Waals surface area contributed by atoms with Gasteiger partial charge in [-0.15, -0.1) is 0 Å². The molecule has 6 nitrogen and oxygen atoms in total. The highest BCUT2D eigenvalue weighted by Crippen LogP contribution is 2.31. The molecular weight excluding hydrogens is 308 g/mol. The first-order chi connectivity index (χ1) is 9.81. The zero-order valence-corrected chi connectivity index (χ0v) is 13.5. The van der Waals surface area contributed by atoms with E-state index in [4.69, 9.17) is 11.5 Å². The van der Waals surface area contributed by atoms with Gasteiger partial charge in [0.2, 0.25) is 10.0 Å². The summed E-state index contributed by atoms with van der Waals surface area (Å²) in [5, 5.41) is -0.170. The first-order valence-corrected chi connectivity index (χ1v) is 8.75. The Bertz CT molecular complexity index is 738. The minimum Gasteiger partial charge on any atom is -0.399 e. The lowest BCUT2D eigenvalue weighted by atomic mass is 10.1. The number of nitrogens with two attached hydrogens (primary N) is 2. The predicted octanol–water partition coefficient (Wildman–Crippen LogP) is 2.00. The fourth-order valence-corrected chi connectivity index (χ4v) is 3.37. The number of hydrogen-bond donors (Lipinski definition) is 3. The smallest absolute Gasteiger partial charge is 0.236 e. The van der Waals surface area contributed by atoms with Crippen molar-refractivity contribution in [3.63, 3.8) is 0 Å². The van der Waals surface area contributed by atoms with Gasteiger partial charge in [-0.3, -0.25) is 4.72 Å². The minimum absolute atomic E-state index is 0.343. The van der Waals surface area contributed by atoms with Crippen LogP contribution in [0.15, 0.2) is 24.4 Å². The number of sulfonamides is 1. The molecule has 0 aliphatic carbocycles. The van der Waals surface area contributed by atoms with Gasteiger partial charge in [0, 0.05) is 18.4 Å². The second-order valence-corrected chi connectivity index (χ2v) is 8.16. The average Bonchev–Trinajstić information content (AvgIpc) is 2.85. The van der Waals surface area contributed by atoms with Gasteiger partial charge < -0.3 is 11.5 Å². The second kappa shape index (κ2) is 6.00. The van der Waals surface area contributed by atoms with Crippen LogP contribution in [0.3, 0.4) is 0 Å². The van der Waals surface area contributed by atoms with Crippen LogP contribution < -0.4 is 16.2 Å². The van der Waals surface area contributed by atoms with Crippen LogP contribution in [0.1, 0.15) is 19.4 Å². The highest BCUT2D eigenvalue weighted by Gasteiger charge is 2.17. The molecule has 0 bridgehead atoms. The number of nitrogen functional groups attached to an aromatic ring is 1. The Morgan fingerprint density at radius 3 is 2.67 bits per heavy atom. The van der Waals surface area contributed by atoms with Gasteiger partial charge in [0.05, 0.1) is 10.1 Å². The maximum atomic E-state index is 11.8. The van der Waals surface area contributed by atoms with E-state index in [-0.39, 0.29) is 0 Å². The molecule has 0 spiro atoms. The summed E-state index contributed by atoms with van der Waals surface area (Å²) >= 11 is 1.26. The van der Waals surface area contributed by atoms with Gasteiger partial charge in [-0.1, -0.05) is 11.3 Å². The molecule has 0 saturated heterocycles. The van der Waals surface area contributed by atoms with Crippen molar-refractivity contribution in [1.82, 2.24) is 4.98 Å². The SMILES string of the molecule is CC(C)S(=O)(=O)Nc1ncc(-c2cc(N)cc(CN)c2)s1. The Labute approximate surface area is 128 Å².